The summed E-state index contributed by atoms with van der Waals surface area (Å²) in [5, 5.41) is 12.1. The number of carbonyl (C=O) groups is 2. The third-order valence-corrected chi connectivity index (χ3v) is 5.21. The van der Waals surface area contributed by atoms with Gasteiger partial charge in [0.2, 0.25) is 0 Å². The normalized spacial score (nSPS) is 10.8. The smallest absolute Gasteiger partial charge is 0.338 e. The van der Waals surface area contributed by atoms with Gasteiger partial charge in [0.1, 0.15) is 5.82 Å². The third-order valence-electron chi connectivity index (χ3n) is 4.48. The number of esters is 1. The molecule has 1 amide bonds. The maximum absolute atomic E-state index is 12.6. The molecule has 2 aromatic heterocycles. The monoisotopic (exact) mass is 442 g/mol. The van der Waals surface area contributed by atoms with Crippen molar-refractivity contribution >= 4 is 40.5 Å². The summed E-state index contributed by atoms with van der Waals surface area (Å²) in [4.78, 5) is 33.7. The molecule has 0 spiro atoms. The van der Waals surface area contributed by atoms with Gasteiger partial charge < -0.3 is 15.4 Å². The lowest BCUT2D eigenvalue weighted by Gasteiger charge is -2.10. The highest BCUT2D eigenvalue weighted by Crippen LogP contribution is 2.24. The zero-order valence-corrected chi connectivity index (χ0v) is 18.7. The van der Waals surface area contributed by atoms with Crippen molar-refractivity contribution in [3.8, 4) is 0 Å². The van der Waals surface area contributed by atoms with E-state index in [2.05, 4.69) is 39.5 Å². The molecule has 0 radical (unpaired) electrons. The van der Waals surface area contributed by atoms with Gasteiger partial charge in [0.25, 0.3) is 5.91 Å². The number of nitrogens with one attached hydrogen (secondary N) is 2. The quantitative estimate of drug-likeness (QED) is 0.280. The molecule has 164 valence electrons. The number of fused-ring (bicyclic) bond motifs is 1. The van der Waals surface area contributed by atoms with Gasteiger partial charge in [-0.2, -0.15) is 5.10 Å². The first-order valence-electron chi connectivity index (χ1n) is 10.1. The van der Waals surface area contributed by atoms with Crippen LogP contribution in [-0.2, 0) is 11.3 Å². The Kier molecular flexibility index (Phi) is 7.82. The van der Waals surface area contributed by atoms with Gasteiger partial charge in [-0.25, -0.2) is 19.4 Å². The number of ether oxygens (including phenoxy) is 1. The van der Waals surface area contributed by atoms with Crippen LogP contribution in [0.5, 0.6) is 0 Å². The predicted octanol–water partition coefficient (Wildman–Crippen LogP) is 2.98. The molecule has 9 nitrogen and oxygen atoms in total. The Morgan fingerprint density at radius 3 is 2.61 bits per heavy atom. The minimum atomic E-state index is -0.548. The van der Waals surface area contributed by atoms with Gasteiger partial charge in [-0.05, 0) is 24.3 Å². The molecule has 3 aromatic rings. The summed E-state index contributed by atoms with van der Waals surface area (Å²) in [6.07, 6.45) is 2.72. The summed E-state index contributed by atoms with van der Waals surface area (Å²) in [5.41, 5.74) is 1.22. The fraction of sp³-hybridized carbons (Fsp3) is 0.381. The lowest BCUT2D eigenvalue weighted by atomic mass is 10.1. The van der Waals surface area contributed by atoms with Gasteiger partial charge in [0.05, 0.1) is 36.4 Å². The number of aromatic nitrogens is 4. The van der Waals surface area contributed by atoms with Crippen LogP contribution in [0.25, 0.3) is 11.0 Å². The van der Waals surface area contributed by atoms with E-state index in [9.17, 15) is 9.59 Å². The predicted molar refractivity (Wildman–Crippen MR) is 121 cm³/mol. The Morgan fingerprint density at radius 2 is 1.90 bits per heavy atom. The van der Waals surface area contributed by atoms with Crippen molar-refractivity contribution in [3.63, 3.8) is 0 Å². The average molecular weight is 443 g/mol. The highest BCUT2D eigenvalue weighted by atomic mass is 32.2. The van der Waals surface area contributed by atoms with Crippen LogP contribution in [0.3, 0.4) is 0 Å². The standard InChI is InChI=1S/C21H26N6O3S/c1-4-10-22-17-16-13-24-27(18(16)26-21(25-17)31-5-2)12-11-23-19(28)14-8-6-7-9-15(14)20(29)30-3/h6-9,13H,4-5,10-12H2,1-3H3,(H,23,28)(H,22,25,26). The topological polar surface area (TPSA) is 111 Å². The van der Waals surface area contributed by atoms with Gasteiger partial charge in [-0.1, -0.05) is 37.7 Å². The van der Waals surface area contributed by atoms with E-state index in [4.69, 9.17) is 4.74 Å². The van der Waals surface area contributed by atoms with Crippen molar-refractivity contribution in [2.24, 2.45) is 0 Å². The number of thioether (sulfide) groups is 1. The molecule has 10 heteroatoms. The minimum Gasteiger partial charge on any atom is -0.465 e. The first-order valence-corrected chi connectivity index (χ1v) is 11.1. The van der Waals surface area contributed by atoms with Crippen molar-refractivity contribution < 1.29 is 14.3 Å². The summed E-state index contributed by atoms with van der Waals surface area (Å²) in [6.45, 7) is 5.70. The molecule has 0 atom stereocenters. The van der Waals surface area contributed by atoms with Crippen LogP contribution in [0.2, 0.25) is 0 Å². The number of benzene rings is 1. The molecule has 1 aromatic carbocycles. The molecule has 3 rings (SSSR count). The Bertz CT molecular complexity index is 1070. The molecule has 0 saturated heterocycles. The number of nitrogens with zero attached hydrogens (tertiary/aromatic N) is 4. The fourth-order valence-electron chi connectivity index (χ4n) is 3.01. The first kappa shape index (κ1) is 22.5. The summed E-state index contributed by atoms with van der Waals surface area (Å²) in [7, 11) is 1.29. The molecular weight excluding hydrogens is 416 g/mol. The van der Waals surface area contributed by atoms with E-state index in [1.165, 1.54) is 7.11 Å². The summed E-state index contributed by atoms with van der Waals surface area (Å²) in [6, 6.07) is 6.56. The number of hydrogen-bond donors (Lipinski definition) is 2. The molecule has 0 aliphatic carbocycles. The van der Waals surface area contributed by atoms with Crippen molar-refractivity contribution in [3.05, 3.63) is 41.6 Å². The number of amides is 1. The van der Waals surface area contributed by atoms with Gasteiger partial charge in [0, 0.05) is 13.1 Å². The van der Waals surface area contributed by atoms with Crippen molar-refractivity contribution in [2.75, 3.05) is 31.3 Å². The van der Waals surface area contributed by atoms with Crippen LogP contribution in [0.1, 0.15) is 41.0 Å². The molecular formula is C21H26N6O3S. The maximum atomic E-state index is 12.6. The van der Waals surface area contributed by atoms with E-state index in [1.807, 2.05) is 0 Å². The van der Waals surface area contributed by atoms with Crippen molar-refractivity contribution in [1.29, 1.82) is 0 Å². The molecule has 0 bridgehead atoms. The van der Waals surface area contributed by atoms with E-state index in [-0.39, 0.29) is 17.0 Å². The average Bonchev–Trinajstić information content (AvgIpc) is 3.20. The van der Waals surface area contributed by atoms with Crippen molar-refractivity contribution in [2.45, 2.75) is 32.0 Å². The second kappa shape index (κ2) is 10.8. The van der Waals surface area contributed by atoms with E-state index in [0.717, 1.165) is 29.9 Å². The van der Waals surface area contributed by atoms with E-state index in [1.54, 1.807) is 46.9 Å². The number of rotatable bonds is 10. The van der Waals surface area contributed by atoms with Crippen LogP contribution in [-0.4, -0.2) is 57.6 Å². The van der Waals surface area contributed by atoms with Crippen LogP contribution >= 0.6 is 11.8 Å². The molecule has 0 aliphatic rings. The third kappa shape index (κ3) is 5.32. The number of carbonyl (C=O) groups excluding carboxylic acids is 2. The minimum absolute atomic E-state index is 0.229. The van der Waals surface area contributed by atoms with Crippen LogP contribution < -0.4 is 10.6 Å². The molecule has 0 aliphatic heterocycles. The largest absolute Gasteiger partial charge is 0.465 e. The summed E-state index contributed by atoms with van der Waals surface area (Å²) < 4.78 is 6.50. The zero-order chi connectivity index (χ0) is 22.2. The van der Waals surface area contributed by atoms with Crippen LogP contribution in [0, 0.1) is 0 Å². The SMILES string of the molecule is CCCNc1nc(SCC)nc2c1cnn2CCNC(=O)c1ccccc1C(=O)OC. The number of hydrogen-bond acceptors (Lipinski definition) is 8. The molecule has 2 N–H and O–H groups in total. The Balaban J connectivity index is 1.75. The Hall–Kier alpha value is -3.14. The van der Waals surface area contributed by atoms with E-state index in [0.29, 0.717) is 23.9 Å². The Labute approximate surface area is 185 Å². The van der Waals surface area contributed by atoms with E-state index < -0.39 is 5.97 Å². The molecule has 0 saturated carbocycles. The number of methoxy groups -OCH3 is 1. The van der Waals surface area contributed by atoms with Gasteiger partial charge in [-0.15, -0.1) is 0 Å². The first-order chi connectivity index (χ1) is 15.1. The zero-order valence-electron chi connectivity index (χ0n) is 17.8. The van der Waals surface area contributed by atoms with Gasteiger partial charge in [0.15, 0.2) is 10.8 Å². The fourth-order valence-corrected chi connectivity index (χ4v) is 3.58. The lowest BCUT2D eigenvalue weighted by molar-refractivity contribution is 0.0596. The maximum Gasteiger partial charge on any atom is 0.338 e. The second-order valence-corrected chi connectivity index (χ2v) is 7.84. The van der Waals surface area contributed by atoms with Crippen LogP contribution in [0.4, 0.5) is 5.82 Å². The summed E-state index contributed by atoms with van der Waals surface area (Å²) in [5.74, 6) is 0.737. The molecule has 2 heterocycles. The Morgan fingerprint density at radius 1 is 1.13 bits per heavy atom. The summed E-state index contributed by atoms with van der Waals surface area (Å²) >= 11 is 1.57. The number of anilines is 1. The van der Waals surface area contributed by atoms with Gasteiger partial charge >= 0.3 is 5.97 Å². The molecule has 31 heavy (non-hydrogen) atoms. The second-order valence-electron chi connectivity index (χ2n) is 6.61. The lowest BCUT2D eigenvalue weighted by Crippen LogP contribution is -2.29. The highest BCUT2D eigenvalue weighted by Gasteiger charge is 2.17. The molecule has 0 fully saturated rings. The molecule has 0 unspecified atom stereocenters. The van der Waals surface area contributed by atoms with Gasteiger partial charge in [-0.3, -0.25) is 4.79 Å². The van der Waals surface area contributed by atoms with Crippen molar-refractivity contribution in [1.82, 2.24) is 25.1 Å². The van der Waals surface area contributed by atoms with Crippen LogP contribution in [0.15, 0.2) is 35.6 Å². The van der Waals surface area contributed by atoms with E-state index >= 15 is 0 Å². The highest BCUT2D eigenvalue weighted by molar-refractivity contribution is 7.99.